The summed E-state index contributed by atoms with van der Waals surface area (Å²) in [6, 6.07) is 21.7. The standard InChI is InChI=1S/C23H20N4O2/c1-26(23(29)17-7-4-3-5-8-17)19-13-11-16(12-14-19)22(28)25-20-10-6-9-18-15-24-27(2)21(18)20/h3-15H,1-2H3,(H,25,28). The SMILES string of the molecule is CN(C(=O)c1ccccc1)c1ccc(C(=O)Nc2cccc3cnn(C)c23)cc1. The number of anilines is 2. The number of fused-ring (bicyclic) bond motifs is 1. The van der Waals surface area contributed by atoms with Gasteiger partial charge in [-0.25, -0.2) is 0 Å². The summed E-state index contributed by atoms with van der Waals surface area (Å²) in [6.45, 7) is 0. The Bertz CT molecular complexity index is 1180. The van der Waals surface area contributed by atoms with Crippen LogP contribution in [0.15, 0.2) is 79.0 Å². The first-order valence-corrected chi connectivity index (χ1v) is 9.20. The van der Waals surface area contributed by atoms with E-state index in [-0.39, 0.29) is 11.8 Å². The highest BCUT2D eigenvalue weighted by atomic mass is 16.2. The molecule has 6 nitrogen and oxygen atoms in total. The molecule has 0 aliphatic heterocycles. The van der Waals surface area contributed by atoms with E-state index in [1.807, 2.05) is 43.4 Å². The average Bonchev–Trinajstić information content (AvgIpc) is 3.15. The molecule has 0 saturated carbocycles. The molecule has 1 aromatic heterocycles. The summed E-state index contributed by atoms with van der Waals surface area (Å²) < 4.78 is 1.73. The maximum absolute atomic E-state index is 12.7. The van der Waals surface area contributed by atoms with Crippen molar-refractivity contribution in [2.75, 3.05) is 17.3 Å². The molecule has 0 aliphatic carbocycles. The molecule has 4 rings (SSSR count). The number of rotatable bonds is 4. The topological polar surface area (TPSA) is 67.2 Å². The molecule has 2 amide bonds. The van der Waals surface area contributed by atoms with Gasteiger partial charge in [-0.3, -0.25) is 14.3 Å². The van der Waals surface area contributed by atoms with Crippen LogP contribution in [0.1, 0.15) is 20.7 Å². The average molecular weight is 384 g/mol. The van der Waals surface area contributed by atoms with Gasteiger partial charge in [0.05, 0.1) is 17.4 Å². The zero-order valence-corrected chi connectivity index (χ0v) is 16.2. The molecule has 1 N–H and O–H groups in total. The van der Waals surface area contributed by atoms with Gasteiger partial charge in [0, 0.05) is 36.3 Å². The van der Waals surface area contributed by atoms with Gasteiger partial charge in [-0.05, 0) is 42.5 Å². The Labute approximate surface area is 168 Å². The number of hydrogen-bond donors (Lipinski definition) is 1. The fraction of sp³-hybridized carbons (Fsp3) is 0.0870. The fourth-order valence-electron chi connectivity index (χ4n) is 3.26. The van der Waals surface area contributed by atoms with E-state index in [2.05, 4.69) is 10.4 Å². The number of aryl methyl sites for hydroxylation is 1. The lowest BCUT2D eigenvalue weighted by Crippen LogP contribution is -2.26. The van der Waals surface area contributed by atoms with E-state index in [4.69, 9.17) is 0 Å². The van der Waals surface area contributed by atoms with Crippen LogP contribution in [0.4, 0.5) is 11.4 Å². The van der Waals surface area contributed by atoms with Crippen LogP contribution >= 0.6 is 0 Å². The monoisotopic (exact) mass is 384 g/mol. The summed E-state index contributed by atoms with van der Waals surface area (Å²) >= 11 is 0. The summed E-state index contributed by atoms with van der Waals surface area (Å²) in [5.74, 6) is -0.326. The van der Waals surface area contributed by atoms with Crippen molar-refractivity contribution in [2.45, 2.75) is 0 Å². The lowest BCUT2D eigenvalue weighted by atomic mass is 10.1. The molecule has 6 heteroatoms. The lowest BCUT2D eigenvalue weighted by molar-refractivity contribution is 0.0991. The van der Waals surface area contributed by atoms with Crippen molar-refractivity contribution < 1.29 is 9.59 Å². The van der Waals surface area contributed by atoms with Crippen molar-refractivity contribution in [3.8, 4) is 0 Å². The highest BCUT2D eigenvalue weighted by molar-refractivity contribution is 6.09. The summed E-state index contributed by atoms with van der Waals surface area (Å²) in [6.07, 6.45) is 1.76. The minimum absolute atomic E-state index is 0.106. The van der Waals surface area contributed by atoms with Crippen molar-refractivity contribution in [2.24, 2.45) is 7.05 Å². The van der Waals surface area contributed by atoms with Gasteiger partial charge in [0.1, 0.15) is 0 Å². The highest BCUT2D eigenvalue weighted by Gasteiger charge is 2.15. The van der Waals surface area contributed by atoms with Crippen molar-refractivity contribution in [1.29, 1.82) is 0 Å². The number of carbonyl (C=O) groups is 2. The van der Waals surface area contributed by atoms with Crippen molar-refractivity contribution in [1.82, 2.24) is 9.78 Å². The Balaban J connectivity index is 1.52. The maximum Gasteiger partial charge on any atom is 0.258 e. The van der Waals surface area contributed by atoms with Gasteiger partial charge in [-0.1, -0.05) is 30.3 Å². The van der Waals surface area contributed by atoms with Crippen LogP contribution in [0.3, 0.4) is 0 Å². The molecule has 144 valence electrons. The molecule has 0 bridgehead atoms. The summed E-state index contributed by atoms with van der Waals surface area (Å²) in [5, 5.41) is 8.14. The minimum Gasteiger partial charge on any atom is -0.320 e. The number of benzene rings is 3. The first-order valence-electron chi connectivity index (χ1n) is 9.20. The second-order valence-electron chi connectivity index (χ2n) is 6.74. The molecule has 4 aromatic rings. The molecule has 1 heterocycles. The summed E-state index contributed by atoms with van der Waals surface area (Å²) in [7, 11) is 3.56. The van der Waals surface area contributed by atoms with Gasteiger partial charge < -0.3 is 10.2 Å². The Morgan fingerprint density at radius 3 is 2.34 bits per heavy atom. The lowest BCUT2D eigenvalue weighted by Gasteiger charge is -2.17. The summed E-state index contributed by atoms with van der Waals surface area (Å²) in [5.41, 5.74) is 3.40. The number of nitrogens with zero attached hydrogens (tertiary/aromatic N) is 3. The Hall–Kier alpha value is -3.93. The molecule has 0 unspecified atom stereocenters. The van der Waals surface area contributed by atoms with Crippen LogP contribution in [0.2, 0.25) is 0 Å². The molecular formula is C23H20N4O2. The predicted octanol–water partition coefficient (Wildman–Crippen LogP) is 4.10. The third-order valence-corrected chi connectivity index (χ3v) is 4.85. The Morgan fingerprint density at radius 1 is 0.897 bits per heavy atom. The maximum atomic E-state index is 12.7. The van der Waals surface area contributed by atoms with E-state index in [1.54, 1.807) is 59.2 Å². The van der Waals surface area contributed by atoms with Gasteiger partial charge in [0.25, 0.3) is 11.8 Å². The number of hydrogen-bond acceptors (Lipinski definition) is 3. The fourth-order valence-corrected chi connectivity index (χ4v) is 3.26. The van der Waals surface area contributed by atoms with Gasteiger partial charge in [-0.15, -0.1) is 0 Å². The van der Waals surface area contributed by atoms with Gasteiger partial charge in [-0.2, -0.15) is 5.10 Å². The van der Waals surface area contributed by atoms with E-state index >= 15 is 0 Å². The molecule has 0 fully saturated rings. The molecule has 0 radical (unpaired) electrons. The number of nitrogens with one attached hydrogen (secondary N) is 1. The third kappa shape index (κ3) is 3.60. The number of amides is 2. The molecule has 0 saturated heterocycles. The zero-order valence-electron chi connectivity index (χ0n) is 16.2. The van der Waals surface area contributed by atoms with Crippen LogP contribution in [0, 0.1) is 0 Å². The van der Waals surface area contributed by atoms with E-state index in [0.717, 1.165) is 10.9 Å². The molecule has 29 heavy (non-hydrogen) atoms. The molecular weight excluding hydrogens is 364 g/mol. The number of para-hydroxylation sites is 1. The first kappa shape index (κ1) is 18.4. The van der Waals surface area contributed by atoms with Crippen LogP contribution in [0.5, 0.6) is 0 Å². The van der Waals surface area contributed by atoms with Gasteiger partial charge in [0.2, 0.25) is 0 Å². The van der Waals surface area contributed by atoms with E-state index < -0.39 is 0 Å². The Morgan fingerprint density at radius 2 is 1.62 bits per heavy atom. The number of aromatic nitrogens is 2. The van der Waals surface area contributed by atoms with Gasteiger partial charge in [0.15, 0.2) is 0 Å². The van der Waals surface area contributed by atoms with Gasteiger partial charge >= 0.3 is 0 Å². The predicted molar refractivity (Wildman–Crippen MR) is 114 cm³/mol. The molecule has 0 spiro atoms. The van der Waals surface area contributed by atoms with Crippen molar-refractivity contribution >= 4 is 34.1 Å². The summed E-state index contributed by atoms with van der Waals surface area (Å²) in [4.78, 5) is 26.8. The first-order chi connectivity index (χ1) is 14.0. The van der Waals surface area contributed by atoms with Crippen LogP contribution in [-0.4, -0.2) is 28.6 Å². The molecule has 0 aliphatic rings. The normalized spacial score (nSPS) is 10.7. The largest absolute Gasteiger partial charge is 0.320 e. The van der Waals surface area contributed by atoms with Crippen molar-refractivity contribution in [3.63, 3.8) is 0 Å². The number of carbonyl (C=O) groups excluding carboxylic acids is 2. The quantitative estimate of drug-likeness (QED) is 0.576. The zero-order chi connectivity index (χ0) is 20.4. The van der Waals surface area contributed by atoms with Crippen LogP contribution in [0.25, 0.3) is 10.9 Å². The second kappa shape index (κ2) is 7.59. The molecule has 3 aromatic carbocycles. The van der Waals surface area contributed by atoms with E-state index in [1.165, 1.54) is 0 Å². The second-order valence-corrected chi connectivity index (χ2v) is 6.74. The molecule has 0 atom stereocenters. The minimum atomic E-state index is -0.220. The Kier molecular flexibility index (Phi) is 4.83. The van der Waals surface area contributed by atoms with E-state index in [9.17, 15) is 9.59 Å². The van der Waals surface area contributed by atoms with Crippen LogP contribution in [-0.2, 0) is 7.05 Å². The highest BCUT2D eigenvalue weighted by Crippen LogP contribution is 2.23. The van der Waals surface area contributed by atoms with Crippen LogP contribution < -0.4 is 10.2 Å². The van der Waals surface area contributed by atoms with E-state index in [0.29, 0.717) is 22.5 Å². The van der Waals surface area contributed by atoms with Crippen molar-refractivity contribution in [3.05, 3.63) is 90.1 Å². The third-order valence-electron chi connectivity index (χ3n) is 4.85. The smallest absolute Gasteiger partial charge is 0.258 e.